The van der Waals surface area contributed by atoms with Crippen molar-refractivity contribution in [2.75, 3.05) is 16.2 Å². The highest BCUT2D eigenvalue weighted by molar-refractivity contribution is 7.92. The summed E-state index contributed by atoms with van der Waals surface area (Å²) in [6.07, 6.45) is 0.754. The molecule has 3 rings (SSSR count). The maximum Gasteiger partial charge on any atom is 0.264 e. The second kappa shape index (κ2) is 11.2. The second-order valence-corrected chi connectivity index (χ2v) is 9.92. The number of hydrogen-bond acceptors (Lipinski definition) is 4. The third kappa shape index (κ3) is 5.95. The van der Waals surface area contributed by atoms with Gasteiger partial charge in [-0.2, -0.15) is 0 Å². The monoisotopic (exact) mass is 499 g/mol. The summed E-state index contributed by atoms with van der Waals surface area (Å²) in [7, 11) is -4.10. The zero-order valence-electron chi connectivity index (χ0n) is 18.9. The Hall–Kier alpha value is -3.36. The van der Waals surface area contributed by atoms with Crippen LogP contribution >= 0.6 is 11.6 Å². The van der Waals surface area contributed by atoms with Gasteiger partial charge in [0.05, 0.1) is 26.9 Å². The number of amides is 2. The van der Waals surface area contributed by atoms with Crippen LogP contribution in [0.15, 0.2) is 83.8 Å². The summed E-state index contributed by atoms with van der Waals surface area (Å²) < 4.78 is 27.8. The zero-order chi connectivity index (χ0) is 24.7. The molecule has 7 nitrogen and oxygen atoms in total. The minimum atomic E-state index is -4.10. The van der Waals surface area contributed by atoms with Gasteiger partial charge in [0, 0.05) is 6.04 Å². The van der Waals surface area contributed by atoms with Crippen molar-refractivity contribution in [1.29, 1.82) is 0 Å². The quantitative estimate of drug-likeness (QED) is 0.446. The first kappa shape index (κ1) is 25.3. The van der Waals surface area contributed by atoms with E-state index in [0.717, 1.165) is 10.7 Å². The number of rotatable bonds is 9. The molecule has 0 aliphatic rings. The molecule has 2 amide bonds. The van der Waals surface area contributed by atoms with Crippen LogP contribution in [0.4, 0.5) is 11.4 Å². The molecule has 2 N–H and O–H groups in total. The number of nitrogens with zero attached hydrogens (tertiary/aromatic N) is 1. The SMILES string of the molecule is CCC(C)NC(=O)c1ccccc1NC(=O)CN(c1ccccc1Cl)S(=O)(=O)c1ccccc1. The predicted octanol–water partition coefficient (Wildman–Crippen LogP) is 4.70. The predicted molar refractivity (Wildman–Crippen MR) is 135 cm³/mol. The van der Waals surface area contributed by atoms with E-state index in [-0.39, 0.29) is 38.8 Å². The van der Waals surface area contributed by atoms with Gasteiger partial charge in [-0.1, -0.05) is 61.0 Å². The van der Waals surface area contributed by atoms with E-state index in [1.807, 2.05) is 13.8 Å². The Labute approximate surface area is 204 Å². The molecule has 0 aliphatic heterocycles. The van der Waals surface area contributed by atoms with Crippen molar-refractivity contribution >= 4 is 44.8 Å². The van der Waals surface area contributed by atoms with E-state index >= 15 is 0 Å². The molecule has 0 aromatic heterocycles. The molecule has 0 bridgehead atoms. The number of hydrogen-bond donors (Lipinski definition) is 2. The molecule has 1 atom stereocenters. The van der Waals surface area contributed by atoms with Gasteiger partial charge in [-0.05, 0) is 49.7 Å². The van der Waals surface area contributed by atoms with Crippen molar-refractivity contribution in [3.05, 3.63) is 89.4 Å². The lowest BCUT2D eigenvalue weighted by Crippen LogP contribution is -2.39. The number of nitrogens with one attached hydrogen (secondary N) is 2. The average Bonchev–Trinajstić information content (AvgIpc) is 2.83. The molecular formula is C25H26ClN3O4S. The Morgan fingerprint density at radius 1 is 0.941 bits per heavy atom. The molecule has 3 aromatic rings. The maximum atomic E-state index is 13.4. The summed E-state index contributed by atoms with van der Waals surface area (Å²) in [6.45, 7) is 3.30. The number of para-hydroxylation sites is 2. The van der Waals surface area contributed by atoms with E-state index < -0.39 is 22.5 Å². The van der Waals surface area contributed by atoms with Gasteiger partial charge in [-0.3, -0.25) is 13.9 Å². The minimum Gasteiger partial charge on any atom is -0.350 e. The third-order valence-electron chi connectivity index (χ3n) is 5.18. The van der Waals surface area contributed by atoms with E-state index in [9.17, 15) is 18.0 Å². The van der Waals surface area contributed by atoms with Crippen LogP contribution in [0.1, 0.15) is 30.6 Å². The topological polar surface area (TPSA) is 95.6 Å². The van der Waals surface area contributed by atoms with E-state index in [1.165, 1.54) is 18.2 Å². The number of benzene rings is 3. The fourth-order valence-electron chi connectivity index (χ4n) is 3.19. The van der Waals surface area contributed by atoms with Gasteiger partial charge < -0.3 is 10.6 Å². The summed E-state index contributed by atoms with van der Waals surface area (Å²) in [5.41, 5.74) is 0.738. The van der Waals surface area contributed by atoms with E-state index in [4.69, 9.17) is 11.6 Å². The van der Waals surface area contributed by atoms with Crippen molar-refractivity contribution in [3.8, 4) is 0 Å². The largest absolute Gasteiger partial charge is 0.350 e. The van der Waals surface area contributed by atoms with E-state index in [1.54, 1.807) is 60.7 Å². The van der Waals surface area contributed by atoms with Crippen molar-refractivity contribution < 1.29 is 18.0 Å². The van der Waals surface area contributed by atoms with Crippen LogP contribution in [0.25, 0.3) is 0 Å². The van der Waals surface area contributed by atoms with Gasteiger partial charge in [0.25, 0.3) is 15.9 Å². The van der Waals surface area contributed by atoms with Crippen molar-refractivity contribution in [1.82, 2.24) is 5.32 Å². The van der Waals surface area contributed by atoms with Crippen LogP contribution in [0.2, 0.25) is 5.02 Å². The summed E-state index contributed by atoms with van der Waals surface area (Å²) >= 11 is 6.29. The summed E-state index contributed by atoms with van der Waals surface area (Å²) in [5, 5.41) is 5.73. The lowest BCUT2D eigenvalue weighted by molar-refractivity contribution is -0.114. The maximum absolute atomic E-state index is 13.4. The van der Waals surface area contributed by atoms with Crippen molar-refractivity contribution in [2.24, 2.45) is 0 Å². The Bertz CT molecular complexity index is 1270. The Morgan fingerprint density at radius 3 is 2.24 bits per heavy atom. The van der Waals surface area contributed by atoms with Gasteiger partial charge in [-0.15, -0.1) is 0 Å². The first-order valence-corrected chi connectivity index (χ1v) is 12.6. The number of carbonyl (C=O) groups is 2. The van der Waals surface area contributed by atoms with Crippen LogP contribution in [-0.2, 0) is 14.8 Å². The Kier molecular flexibility index (Phi) is 8.31. The molecule has 3 aromatic carbocycles. The van der Waals surface area contributed by atoms with Crippen LogP contribution in [-0.4, -0.2) is 32.8 Å². The number of anilines is 2. The summed E-state index contributed by atoms with van der Waals surface area (Å²) in [4.78, 5) is 25.7. The second-order valence-electron chi connectivity index (χ2n) is 7.65. The number of carbonyl (C=O) groups excluding carboxylic acids is 2. The average molecular weight is 500 g/mol. The van der Waals surface area contributed by atoms with Crippen molar-refractivity contribution in [2.45, 2.75) is 31.2 Å². The summed E-state index contributed by atoms with van der Waals surface area (Å²) in [6, 6.07) is 20.7. The molecule has 0 heterocycles. The van der Waals surface area contributed by atoms with Gasteiger partial charge in [0.2, 0.25) is 5.91 Å². The third-order valence-corrected chi connectivity index (χ3v) is 7.27. The molecule has 178 valence electrons. The first-order chi connectivity index (χ1) is 16.2. The molecule has 0 saturated carbocycles. The fourth-order valence-corrected chi connectivity index (χ4v) is 4.94. The van der Waals surface area contributed by atoms with Gasteiger partial charge in [0.1, 0.15) is 6.54 Å². The molecule has 0 aliphatic carbocycles. The standard InChI is InChI=1S/C25H26ClN3O4S/c1-3-18(2)27-25(31)20-13-7-9-15-22(20)28-24(30)17-29(23-16-10-8-14-21(23)26)34(32,33)19-11-5-4-6-12-19/h4-16,18H,3,17H2,1-2H3,(H,27,31)(H,28,30). The Balaban J connectivity index is 1.91. The Morgan fingerprint density at radius 2 is 1.56 bits per heavy atom. The molecule has 1 unspecified atom stereocenters. The highest BCUT2D eigenvalue weighted by Crippen LogP contribution is 2.30. The molecule has 0 saturated heterocycles. The molecule has 0 spiro atoms. The van der Waals surface area contributed by atoms with Crippen LogP contribution in [0.5, 0.6) is 0 Å². The lowest BCUT2D eigenvalue weighted by Gasteiger charge is -2.25. The molecule has 9 heteroatoms. The molecule has 0 radical (unpaired) electrons. The minimum absolute atomic E-state index is 0.0241. The smallest absolute Gasteiger partial charge is 0.264 e. The summed E-state index contributed by atoms with van der Waals surface area (Å²) in [5.74, 6) is -0.951. The van der Waals surface area contributed by atoms with Gasteiger partial charge in [-0.25, -0.2) is 8.42 Å². The van der Waals surface area contributed by atoms with Crippen molar-refractivity contribution in [3.63, 3.8) is 0 Å². The highest BCUT2D eigenvalue weighted by atomic mass is 35.5. The first-order valence-electron chi connectivity index (χ1n) is 10.8. The zero-order valence-corrected chi connectivity index (χ0v) is 20.4. The van der Waals surface area contributed by atoms with E-state index in [2.05, 4.69) is 10.6 Å². The van der Waals surface area contributed by atoms with E-state index in [0.29, 0.717) is 0 Å². The van der Waals surface area contributed by atoms with Gasteiger partial charge >= 0.3 is 0 Å². The molecule has 34 heavy (non-hydrogen) atoms. The number of halogens is 1. The molecular weight excluding hydrogens is 474 g/mol. The number of sulfonamides is 1. The molecule has 0 fully saturated rings. The fraction of sp³-hybridized carbons (Fsp3) is 0.200. The van der Waals surface area contributed by atoms with Gasteiger partial charge in [0.15, 0.2) is 0 Å². The van der Waals surface area contributed by atoms with Crippen LogP contribution < -0.4 is 14.9 Å². The lowest BCUT2D eigenvalue weighted by atomic mass is 10.1. The van der Waals surface area contributed by atoms with Crippen LogP contribution in [0, 0.1) is 0 Å². The normalized spacial score (nSPS) is 12.0. The van der Waals surface area contributed by atoms with Crippen LogP contribution in [0.3, 0.4) is 0 Å². The highest BCUT2D eigenvalue weighted by Gasteiger charge is 2.29.